The second-order valence-electron chi connectivity index (χ2n) is 6.08. The summed E-state index contributed by atoms with van der Waals surface area (Å²) in [6, 6.07) is 1.62. The van der Waals surface area contributed by atoms with Gasteiger partial charge in [-0.1, -0.05) is 12.8 Å². The van der Waals surface area contributed by atoms with Crippen molar-refractivity contribution in [1.82, 2.24) is 15.1 Å². The number of carbonyl (C=O) groups excluding carboxylic acids is 2. The lowest BCUT2D eigenvalue weighted by Crippen LogP contribution is -2.47. The van der Waals surface area contributed by atoms with Crippen molar-refractivity contribution >= 4 is 17.5 Å². The maximum absolute atomic E-state index is 12.4. The molecular weight excluding hydrogens is 282 g/mol. The van der Waals surface area contributed by atoms with E-state index >= 15 is 0 Å². The van der Waals surface area contributed by atoms with Crippen molar-refractivity contribution in [2.75, 3.05) is 11.4 Å². The summed E-state index contributed by atoms with van der Waals surface area (Å²) in [6.45, 7) is 0.551. The Kier molecular flexibility index (Phi) is 3.61. The summed E-state index contributed by atoms with van der Waals surface area (Å²) in [6.07, 6.45) is 6.92. The fourth-order valence-electron chi connectivity index (χ4n) is 3.28. The largest absolute Gasteiger partial charge is 0.343 e. The number of hydrogen-bond acceptors (Lipinski definition) is 4. The first-order chi connectivity index (χ1) is 10.6. The molecule has 1 aromatic heterocycles. The fraction of sp³-hybridized carbons (Fsp3) is 0.600. The first kappa shape index (κ1) is 14.6. The summed E-state index contributed by atoms with van der Waals surface area (Å²) in [7, 11) is 1.79. The van der Waals surface area contributed by atoms with E-state index in [0.717, 1.165) is 18.5 Å². The molecule has 1 saturated carbocycles. The van der Waals surface area contributed by atoms with E-state index in [4.69, 9.17) is 0 Å². The van der Waals surface area contributed by atoms with Crippen molar-refractivity contribution in [1.29, 1.82) is 5.26 Å². The average molecular weight is 301 g/mol. The standard InChI is InChI=1S/C15H19N5O2/c1-19-9-11(8-17-19)20-7-4-12(13(20)21)18-14(22)15(10-16)5-2-3-6-15/h8-9,12H,2-7H2,1H3,(H,18,22). The van der Waals surface area contributed by atoms with Crippen LogP contribution in [0.25, 0.3) is 0 Å². The highest BCUT2D eigenvalue weighted by molar-refractivity contribution is 6.02. The van der Waals surface area contributed by atoms with Crippen LogP contribution in [0.5, 0.6) is 0 Å². The van der Waals surface area contributed by atoms with E-state index < -0.39 is 11.5 Å². The molecule has 1 aliphatic carbocycles. The molecule has 1 saturated heterocycles. The van der Waals surface area contributed by atoms with Crippen LogP contribution in [-0.2, 0) is 16.6 Å². The average Bonchev–Trinajstić information content (AvgIpc) is 3.21. The summed E-state index contributed by atoms with van der Waals surface area (Å²) in [5.74, 6) is -0.425. The first-order valence-corrected chi connectivity index (χ1v) is 7.58. The molecule has 3 rings (SSSR count). The fourth-order valence-corrected chi connectivity index (χ4v) is 3.28. The molecule has 2 heterocycles. The zero-order chi connectivity index (χ0) is 15.7. The maximum Gasteiger partial charge on any atom is 0.249 e. The maximum atomic E-state index is 12.4. The summed E-state index contributed by atoms with van der Waals surface area (Å²) in [4.78, 5) is 26.5. The van der Waals surface area contributed by atoms with Gasteiger partial charge in [0, 0.05) is 19.8 Å². The summed E-state index contributed by atoms with van der Waals surface area (Å²) >= 11 is 0. The Bertz CT molecular complexity index is 639. The molecule has 1 aromatic rings. The topological polar surface area (TPSA) is 91.0 Å². The van der Waals surface area contributed by atoms with Crippen LogP contribution < -0.4 is 10.2 Å². The third-order valence-corrected chi connectivity index (χ3v) is 4.62. The lowest BCUT2D eigenvalue weighted by molar-refractivity contribution is -0.131. The normalized spacial score (nSPS) is 23.5. The Morgan fingerprint density at radius 1 is 1.50 bits per heavy atom. The van der Waals surface area contributed by atoms with Crippen molar-refractivity contribution in [3.63, 3.8) is 0 Å². The molecule has 0 bridgehead atoms. The Labute approximate surface area is 128 Å². The summed E-state index contributed by atoms with van der Waals surface area (Å²) in [5, 5.41) is 16.2. The second kappa shape index (κ2) is 5.44. The van der Waals surface area contributed by atoms with Crippen molar-refractivity contribution in [2.45, 2.75) is 38.1 Å². The van der Waals surface area contributed by atoms with Crippen LogP contribution in [0.2, 0.25) is 0 Å². The van der Waals surface area contributed by atoms with E-state index in [1.165, 1.54) is 0 Å². The SMILES string of the molecule is Cn1cc(N2CCC(NC(=O)C3(C#N)CCCC3)C2=O)cn1. The highest BCUT2D eigenvalue weighted by atomic mass is 16.2. The van der Waals surface area contributed by atoms with E-state index in [9.17, 15) is 14.9 Å². The lowest BCUT2D eigenvalue weighted by atomic mass is 9.86. The van der Waals surface area contributed by atoms with Gasteiger partial charge in [-0.3, -0.25) is 14.3 Å². The number of hydrogen-bond donors (Lipinski definition) is 1. The Balaban J connectivity index is 1.68. The van der Waals surface area contributed by atoms with Gasteiger partial charge in [0.15, 0.2) is 0 Å². The molecule has 0 spiro atoms. The van der Waals surface area contributed by atoms with Crippen molar-refractivity contribution in [3.8, 4) is 6.07 Å². The molecule has 7 heteroatoms. The van der Waals surface area contributed by atoms with Crippen LogP contribution in [0.15, 0.2) is 12.4 Å². The molecule has 22 heavy (non-hydrogen) atoms. The molecule has 2 fully saturated rings. The number of nitrogens with one attached hydrogen (secondary N) is 1. The van der Waals surface area contributed by atoms with Crippen molar-refractivity contribution in [2.24, 2.45) is 12.5 Å². The molecule has 2 amide bonds. The quantitative estimate of drug-likeness (QED) is 0.890. The molecule has 1 unspecified atom stereocenters. The van der Waals surface area contributed by atoms with Gasteiger partial charge in [-0.05, 0) is 19.3 Å². The molecule has 1 atom stereocenters. The molecular formula is C15H19N5O2. The minimum absolute atomic E-state index is 0.132. The smallest absolute Gasteiger partial charge is 0.249 e. The van der Waals surface area contributed by atoms with Gasteiger partial charge in [0.2, 0.25) is 11.8 Å². The third kappa shape index (κ3) is 2.34. The van der Waals surface area contributed by atoms with Gasteiger partial charge >= 0.3 is 0 Å². The van der Waals surface area contributed by atoms with Gasteiger partial charge in [0.05, 0.1) is 18.0 Å². The molecule has 7 nitrogen and oxygen atoms in total. The number of amides is 2. The number of aryl methyl sites for hydroxylation is 1. The zero-order valence-electron chi connectivity index (χ0n) is 12.6. The molecule has 2 aliphatic rings. The first-order valence-electron chi connectivity index (χ1n) is 7.58. The van der Waals surface area contributed by atoms with E-state index in [2.05, 4.69) is 16.5 Å². The molecule has 0 aromatic carbocycles. The van der Waals surface area contributed by atoms with E-state index in [1.54, 1.807) is 29.0 Å². The number of nitrogens with zero attached hydrogens (tertiary/aromatic N) is 4. The van der Waals surface area contributed by atoms with Gasteiger partial charge in [-0.15, -0.1) is 0 Å². The van der Waals surface area contributed by atoms with Crippen LogP contribution in [0.1, 0.15) is 32.1 Å². The van der Waals surface area contributed by atoms with E-state index in [-0.39, 0.29) is 11.8 Å². The van der Waals surface area contributed by atoms with Crippen LogP contribution in [-0.4, -0.2) is 34.2 Å². The number of rotatable bonds is 3. The predicted molar refractivity (Wildman–Crippen MR) is 78.6 cm³/mol. The minimum Gasteiger partial charge on any atom is -0.343 e. The minimum atomic E-state index is -0.942. The number of carbonyl (C=O) groups is 2. The van der Waals surface area contributed by atoms with E-state index in [1.807, 2.05) is 0 Å². The predicted octanol–water partition coefficient (Wildman–Crippen LogP) is 0.726. The lowest BCUT2D eigenvalue weighted by Gasteiger charge is -2.22. The number of anilines is 1. The van der Waals surface area contributed by atoms with Gasteiger partial charge in [0.25, 0.3) is 0 Å². The Morgan fingerprint density at radius 3 is 2.82 bits per heavy atom. The van der Waals surface area contributed by atoms with Crippen LogP contribution >= 0.6 is 0 Å². The Hall–Kier alpha value is -2.36. The molecule has 0 radical (unpaired) electrons. The van der Waals surface area contributed by atoms with Crippen molar-refractivity contribution in [3.05, 3.63) is 12.4 Å². The highest BCUT2D eigenvalue weighted by Crippen LogP contribution is 2.38. The van der Waals surface area contributed by atoms with Crippen LogP contribution in [0.4, 0.5) is 5.69 Å². The van der Waals surface area contributed by atoms with Gasteiger partial charge in [0.1, 0.15) is 11.5 Å². The second-order valence-corrected chi connectivity index (χ2v) is 6.08. The van der Waals surface area contributed by atoms with Gasteiger partial charge in [-0.2, -0.15) is 10.4 Å². The molecule has 1 aliphatic heterocycles. The van der Waals surface area contributed by atoms with Gasteiger partial charge in [-0.25, -0.2) is 0 Å². The zero-order valence-corrected chi connectivity index (χ0v) is 12.6. The summed E-state index contributed by atoms with van der Waals surface area (Å²) < 4.78 is 1.64. The Morgan fingerprint density at radius 2 is 2.23 bits per heavy atom. The number of nitriles is 1. The van der Waals surface area contributed by atoms with Crippen LogP contribution in [0, 0.1) is 16.7 Å². The molecule has 116 valence electrons. The number of aromatic nitrogens is 2. The third-order valence-electron chi connectivity index (χ3n) is 4.62. The molecule has 1 N–H and O–H groups in total. The van der Waals surface area contributed by atoms with Crippen LogP contribution in [0.3, 0.4) is 0 Å². The van der Waals surface area contributed by atoms with E-state index in [0.29, 0.717) is 25.8 Å². The van der Waals surface area contributed by atoms with Gasteiger partial charge < -0.3 is 10.2 Å². The van der Waals surface area contributed by atoms with Crippen molar-refractivity contribution < 1.29 is 9.59 Å². The highest BCUT2D eigenvalue weighted by Gasteiger charge is 2.44. The summed E-state index contributed by atoms with van der Waals surface area (Å²) in [5.41, 5.74) is -0.206. The monoisotopic (exact) mass is 301 g/mol.